The second kappa shape index (κ2) is 4.33. The zero-order valence-electron chi connectivity index (χ0n) is 9.29. The number of hydrogen-bond donors (Lipinski definition) is 2. The van der Waals surface area contributed by atoms with E-state index >= 15 is 0 Å². The summed E-state index contributed by atoms with van der Waals surface area (Å²) in [5, 5.41) is 13.8. The van der Waals surface area contributed by atoms with Gasteiger partial charge in [0.25, 0.3) is 0 Å². The van der Waals surface area contributed by atoms with Gasteiger partial charge in [0.15, 0.2) is 0 Å². The third-order valence-corrected chi connectivity index (χ3v) is 3.30. The molecule has 1 saturated heterocycles. The number of hydrogen-bond acceptors (Lipinski definition) is 2. The van der Waals surface area contributed by atoms with Crippen LogP contribution in [0.3, 0.4) is 0 Å². The van der Waals surface area contributed by atoms with Crippen molar-refractivity contribution in [1.29, 1.82) is 0 Å². The van der Waals surface area contributed by atoms with Crippen molar-refractivity contribution in [2.45, 2.75) is 31.8 Å². The lowest BCUT2D eigenvalue weighted by Gasteiger charge is -2.33. The van der Waals surface area contributed by atoms with Crippen LogP contribution in [0.2, 0.25) is 0 Å². The molecule has 1 aliphatic heterocycles. The summed E-state index contributed by atoms with van der Waals surface area (Å²) in [6, 6.07) is 8.36. The van der Waals surface area contributed by atoms with Crippen LogP contribution in [0, 0.1) is 0 Å². The first-order chi connectivity index (χ1) is 7.24. The van der Waals surface area contributed by atoms with Gasteiger partial charge in [-0.05, 0) is 43.5 Å². The summed E-state index contributed by atoms with van der Waals surface area (Å²) in [5.41, 5.74) is 1.79. The molecule has 0 unspecified atom stereocenters. The number of aliphatic hydroxyl groups is 1. The third kappa shape index (κ3) is 2.21. The molecule has 0 saturated carbocycles. The van der Waals surface area contributed by atoms with Crippen molar-refractivity contribution < 1.29 is 5.11 Å². The van der Waals surface area contributed by atoms with Crippen molar-refractivity contribution in [2.75, 3.05) is 13.1 Å². The summed E-state index contributed by atoms with van der Waals surface area (Å²) in [5.74, 6) is 0. The summed E-state index contributed by atoms with van der Waals surface area (Å²) in [4.78, 5) is 0. The maximum Gasteiger partial charge on any atom is 0.0920 e. The summed E-state index contributed by atoms with van der Waals surface area (Å²) < 4.78 is 0. The maximum atomic E-state index is 10.5. The molecule has 2 N–H and O–H groups in total. The number of benzene rings is 1. The molecular formula is C13H19NO. The molecule has 1 heterocycles. The van der Waals surface area contributed by atoms with E-state index in [1.165, 1.54) is 5.56 Å². The number of piperidine rings is 1. The van der Waals surface area contributed by atoms with Crippen LogP contribution in [-0.2, 0) is 12.0 Å². The van der Waals surface area contributed by atoms with E-state index in [4.69, 9.17) is 0 Å². The monoisotopic (exact) mass is 205 g/mol. The highest BCUT2D eigenvalue weighted by molar-refractivity contribution is 5.28. The highest BCUT2D eigenvalue weighted by atomic mass is 16.3. The van der Waals surface area contributed by atoms with Gasteiger partial charge in [-0.2, -0.15) is 0 Å². The first-order valence-corrected chi connectivity index (χ1v) is 5.77. The zero-order valence-corrected chi connectivity index (χ0v) is 9.29. The second-order valence-electron chi connectivity index (χ2n) is 4.34. The first-order valence-electron chi connectivity index (χ1n) is 5.77. The van der Waals surface area contributed by atoms with Crippen LogP contribution >= 0.6 is 0 Å². The zero-order chi connectivity index (χ0) is 10.7. The molecule has 0 aliphatic carbocycles. The summed E-state index contributed by atoms with van der Waals surface area (Å²) in [6.45, 7) is 3.96. The largest absolute Gasteiger partial charge is 0.385 e. The smallest absolute Gasteiger partial charge is 0.0920 e. The van der Waals surface area contributed by atoms with Crippen LogP contribution in [0.4, 0.5) is 0 Å². The second-order valence-corrected chi connectivity index (χ2v) is 4.34. The molecule has 1 aromatic carbocycles. The molecule has 1 aliphatic rings. The van der Waals surface area contributed by atoms with Crippen molar-refractivity contribution in [1.82, 2.24) is 5.32 Å². The van der Waals surface area contributed by atoms with Crippen LogP contribution in [0.5, 0.6) is 0 Å². The van der Waals surface area contributed by atoms with Gasteiger partial charge in [0, 0.05) is 0 Å². The van der Waals surface area contributed by atoms with Crippen LogP contribution in [0.25, 0.3) is 0 Å². The third-order valence-electron chi connectivity index (χ3n) is 3.30. The molecule has 1 aromatic rings. The Bertz CT molecular complexity index is 329. The molecule has 1 fully saturated rings. The van der Waals surface area contributed by atoms with E-state index in [0.717, 1.165) is 37.9 Å². The summed E-state index contributed by atoms with van der Waals surface area (Å²) in [7, 11) is 0. The Balaban J connectivity index is 2.26. The molecule has 0 amide bonds. The number of aryl methyl sites for hydroxylation is 1. The normalized spacial score (nSPS) is 20.1. The molecular weight excluding hydrogens is 186 g/mol. The number of nitrogens with one attached hydrogen (secondary N) is 1. The molecule has 2 rings (SSSR count). The Kier molecular flexibility index (Phi) is 3.08. The van der Waals surface area contributed by atoms with Gasteiger partial charge in [0.1, 0.15) is 0 Å². The predicted molar refractivity (Wildman–Crippen MR) is 61.8 cm³/mol. The minimum Gasteiger partial charge on any atom is -0.385 e. The average Bonchev–Trinajstić information content (AvgIpc) is 2.30. The SMILES string of the molecule is CCc1cccc(C2(O)CCNCC2)c1. The quantitative estimate of drug-likeness (QED) is 0.772. The van der Waals surface area contributed by atoms with E-state index in [1.807, 2.05) is 12.1 Å². The van der Waals surface area contributed by atoms with E-state index in [1.54, 1.807) is 0 Å². The average molecular weight is 205 g/mol. The van der Waals surface area contributed by atoms with Gasteiger partial charge in [-0.15, -0.1) is 0 Å². The number of rotatable bonds is 2. The highest BCUT2D eigenvalue weighted by Crippen LogP contribution is 2.30. The summed E-state index contributed by atoms with van der Waals surface area (Å²) >= 11 is 0. The molecule has 0 bridgehead atoms. The molecule has 82 valence electrons. The fraction of sp³-hybridized carbons (Fsp3) is 0.538. The van der Waals surface area contributed by atoms with E-state index in [2.05, 4.69) is 24.4 Å². The molecule has 2 heteroatoms. The van der Waals surface area contributed by atoms with Crippen LogP contribution in [0.15, 0.2) is 24.3 Å². The van der Waals surface area contributed by atoms with Gasteiger partial charge in [0.05, 0.1) is 5.60 Å². The van der Waals surface area contributed by atoms with Gasteiger partial charge >= 0.3 is 0 Å². The molecule has 0 aromatic heterocycles. The Labute approximate surface area is 91.3 Å². The highest BCUT2D eigenvalue weighted by Gasteiger charge is 2.30. The molecule has 15 heavy (non-hydrogen) atoms. The van der Waals surface area contributed by atoms with E-state index < -0.39 is 5.60 Å². The van der Waals surface area contributed by atoms with Crippen molar-refractivity contribution >= 4 is 0 Å². The van der Waals surface area contributed by atoms with Gasteiger partial charge in [-0.3, -0.25) is 0 Å². The fourth-order valence-electron chi connectivity index (χ4n) is 2.21. The Morgan fingerprint density at radius 2 is 2.07 bits per heavy atom. The standard InChI is InChI=1S/C13H19NO/c1-2-11-4-3-5-12(10-11)13(15)6-8-14-9-7-13/h3-5,10,14-15H,2,6-9H2,1H3. The van der Waals surface area contributed by atoms with Gasteiger partial charge in [0.2, 0.25) is 0 Å². The molecule has 0 atom stereocenters. The lowest BCUT2D eigenvalue weighted by atomic mass is 9.84. The van der Waals surface area contributed by atoms with Crippen molar-refractivity contribution in [3.8, 4) is 0 Å². The molecule has 0 radical (unpaired) electrons. The van der Waals surface area contributed by atoms with E-state index in [9.17, 15) is 5.11 Å². The van der Waals surface area contributed by atoms with Gasteiger partial charge < -0.3 is 10.4 Å². The van der Waals surface area contributed by atoms with Gasteiger partial charge in [-0.25, -0.2) is 0 Å². The van der Waals surface area contributed by atoms with Crippen LogP contribution in [0.1, 0.15) is 30.9 Å². The predicted octanol–water partition coefficient (Wildman–Crippen LogP) is 1.82. The fourth-order valence-corrected chi connectivity index (χ4v) is 2.21. The van der Waals surface area contributed by atoms with Crippen molar-refractivity contribution in [2.24, 2.45) is 0 Å². The Morgan fingerprint density at radius 1 is 1.33 bits per heavy atom. The van der Waals surface area contributed by atoms with Gasteiger partial charge in [-0.1, -0.05) is 31.2 Å². The van der Waals surface area contributed by atoms with E-state index in [-0.39, 0.29) is 0 Å². The minimum atomic E-state index is -0.601. The van der Waals surface area contributed by atoms with Crippen LogP contribution in [-0.4, -0.2) is 18.2 Å². The molecule has 0 spiro atoms. The molecule has 2 nitrogen and oxygen atoms in total. The van der Waals surface area contributed by atoms with Crippen molar-refractivity contribution in [3.05, 3.63) is 35.4 Å². The Morgan fingerprint density at radius 3 is 2.73 bits per heavy atom. The van der Waals surface area contributed by atoms with Crippen molar-refractivity contribution in [3.63, 3.8) is 0 Å². The lowest BCUT2D eigenvalue weighted by Crippen LogP contribution is -2.39. The van der Waals surface area contributed by atoms with Crippen LogP contribution < -0.4 is 5.32 Å². The van der Waals surface area contributed by atoms with E-state index in [0.29, 0.717) is 0 Å². The first kappa shape index (κ1) is 10.7. The lowest BCUT2D eigenvalue weighted by molar-refractivity contribution is 0.00588. The maximum absolute atomic E-state index is 10.5. The summed E-state index contributed by atoms with van der Waals surface area (Å²) in [6.07, 6.45) is 2.67. The topological polar surface area (TPSA) is 32.3 Å². The Hall–Kier alpha value is -0.860. The minimum absolute atomic E-state index is 0.601.